The average Bonchev–Trinajstić information content (AvgIpc) is 2.54. The monoisotopic (exact) mass is 297 g/mol. The van der Waals surface area contributed by atoms with Gasteiger partial charge in [-0.25, -0.2) is 0 Å². The van der Waals surface area contributed by atoms with E-state index in [9.17, 15) is 4.79 Å². The van der Waals surface area contributed by atoms with E-state index in [0.717, 1.165) is 36.2 Å². The Morgan fingerprint density at radius 1 is 1.09 bits per heavy atom. The van der Waals surface area contributed by atoms with Crippen LogP contribution < -0.4 is 5.73 Å². The number of hydrogen-bond acceptors (Lipinski definition) is 3. The number of hydrogen-bond donors (Lipinski definition) is 1. The van der Waals surface area contributed by atoms with Gasteiger partial charge in [0.15, 0.2) is 0 Å². The van der Waals surface area contributed by atoms with Crippen LogP contribution in [0.2, 0.25) is 0 Å². The third kappa shape index (κ3) is 4.88. The fraction of sp³-hybridized carbons (Fsp3) is 0.333. The lowest BCUT2D eigenvalue weighted by Gasteiger charge is -2.23. The SMILES string of the molecule is CCCCN(Cc1ccncc1)C(=O)Cc1ccc(N)cc1. The number of carbonyl (C=O) groups is 1. The topological polar surface area (TPSA) is 59.2 Å². The molecule has 0 aliphatic rings. The summed E-state index contributed by atoms with van der Waals surface area (Å²) in [5, 5.41) is 0. The number of carbonyl (C=O) groups excluding carboxylic acids is 1. The number of nitrogen functional groups attached to an aromatic ring is 1. The molecule has 2 rings (SSSR count). The van der Waals surface area contributed by atoms with Crippen LogP contribution in [-0.2, 0) is 17.8 Å². The second-order valence-corrected chi connectivity index (χ2v) is 5.44. The summed E-state index contributed by atoms with van der Waals surface area (Å²) >= 11 is 0. The van der Waals surface area contributed by atoms with Crippen LogP contribution in [0.15, 0.2) is 48.8 Å². The molecule has 22 heavy (non-hydrogen) atoms. The van der Waals surface area contributed by atoms with Gasteiger partial charge in [-0.05, 0) is 41.8 Å². The van der Waals surface area contributed by atoms with Crippen LogP contribution in [0.1, 0.15) is 30.9 Å². The van der Waals surface area contributed by atoms with Crippen LogP contribution >= 0.6 is 0 Å². The maximum Gasteiger partial charge on any atom is 0.227 e. The fourth-order valence-electron chi connectivity index (χ4n) is 2.27. The van der Waals surface area contributed by atoms with Crippen LogP contribution in [-0.4, -0.2) is 22.3 Å². The number of nitrogens with two attached hydrogens (primary N) is 1. The van der Waals surface area contributed by atoms with E-state index in [1.54, 1.807) is 12.4 Å². The van der Waals surface area contributed by atoms with E-state index in [0.29, 0.717) is 13.0 Å². The molecule has 0 unspecified atom stereocenters. The van der Waals surface area contributed by atoms with Crippen LogP contribution in [0.5, 0.6) is 0 Å². The molecule has 0 saturated heterocycles. The van der Waals surface area contributed by atoms with Crippen molar-refractivity contribution in [1.82, 2.24) is 9.88 Å². The second-order valence-electron chi connectivity index (χ2n) is 5.44. The lowest BCUT2D eigenvalue weighted by molar-refractivity contribution is -0.131. The van der Waals surface area contributed by atoms with Crippen molar-refractivity contribution in [3.8, 4) is 0 Å². The third-order valence-corrected chi connectivity index (χ3v) is 3.59. The summed E-state index contributed by atoms with van der Waals surface area (Å²) in [6.07, 6.45) is 6.02. The molecule has 1 aromatic heterocycles. The van der Waals surface area contributed by atoms with Crippen molar-refractivity contribution in [1.29, 1.82) is 0 Å². The standard InChI is InChI=1S/C18H23N3O/c1-2-3-12-21(14-16-8-10-20-11-9-16)18(22)13-15-4-6-17(19)7-5-15/h4-11H,2-3,12-14,19H2,1H3. The average molecular weight is 297 g/mol. The minimum Gasteiger partial charge on any atom is -0.399 e. The summed E-state index contributed by atoms with van der Waals surface area (Å²) in [5.41, 5.74) is 8.51. The number of unbranched alkanes of at least 4 members (excludes halogenated alkanes) is 1. The zero-order valence-electron chi connectivity index (χ0n) is 13.0. The number of benzene rings is 1. The molecule has 0 spiro atoms. The van der Waals surface area contributed by atoms with Crippen molar-refractivity contribution in [2.45, 2.75) is 32.7 Å². The molecule has 2 N–H and O–H groups in total. The third-order valence-electron chi connectivity index (χ3n) is 3.59. The summed E-state index contributed by atoms with van der Waals surface area (Å²) < 4.78 is 0. The number of rotatable bonds is 7. The summed E-state index contributed by atoms with van der Waals surface area (Å²) in [7, 11) is 0. The molecule has 116 valence electrons. The van der Waals surface area contributed by atoms with E-state index in [1.807, 2.05) is 41.3 Å². The van der Waals surface area contributed by atoms with E-state index in [1.165, 1.54) is 0 Å². The first-order valence-corrected chi connectivity index (χ1v) is 7.70. The van der Waals surface area contributed by atoms with E-state index in [4.69, 9.17) is 5.73 Å². The van der Waals surface area contributed by atoms with Gasteiger partial charge < -0.3 is 10.6 Å². The molecular weight excluding hydrogens is 274 g/mol. The summed E-state index contributed by atoms with van der Waals surface area (Å²) in [6, 6.07) is 11.4. The molecule has 0 fully saturated rings. The van der Waals surface area contributed by atoms with Gasteiger partial charge in [0, 0.05) is 31.2 Å². The second kappa shape index (κ2) is 8.17. The molecule has 0 radical (unpaired) electrons. The lowest BCUT2D eigenvalue weighted by Crippen LogP contribution is -2.32. The Kier molecular flexibility index (Phi) is 5.95. The predicted molar refractivity (Wildman–Crippen MR) is 89.1 cm³/mol. The van der Waals surface area contributed by atoms with Crippen molar-refractivity contribution >= 4 is 11.6 Å². The molecule has 1 heterocycles. The molecule has 0 aliphatic carbocycles. The van der Waals surface area contributed by atoms with Crippen LogP contribution in [0.3, 0.4) is 0 Å². The van der Waals surface area contributed by atoms with Gasteiger partial charge in [-0.3, -0.25) is 9.78 Å². The number of nitrogens with zero attached hydrogens (tertiary/aromatic N) is 2. The van der Waals surface area contributed by atoms with Gasteiger partial charge in [-0.2, -0.15) is 0 Å². The Morgan fingerprint density at radius 2 is 1.77 bits per heavy atom. The normalized spacial score (nSPS) is 10.4. The zero-order chi connectivity index (χ0) is 15.8. The van der Waals surface area contributed by atoms with Crippen molar-refractivity contribution in [2.75, 3.05) is 12.3 Å². The number of pyridine rings is 1. The molecule has 1 amide bonds. The highest BCUT2D eigenvalue weighted by Gasteiger charge is 2.14. The van der Waals surface area contributed by atoms with Gasteiger partial charge in [0.05, 0.1) is 6.42 Å². The van der Waals surface area contributed by atoms with E-state index < -0.39 is 0 Å². The van der Waals surface area contributed by atoms with Crippen LogP contribution in [0, 0.1) is 0 Å². The molecule has 0 aliphatic heterocycles. The lowest BCUT2D eigenvalue weighted by atomic mass is 10.1. The number of anilines is 1. The maximum atomic E-state index is 12.6. The minimum absolute atomic E-state index is 0.148. The van der Waals surface area contributed by atoms with E-state index >= 15 is 0 Å². The van der Waals surface area contributed by atoms with Gasteiger partial charge in [0.1, 0.15) is 0 Å². The van der Waals surface area contributed by atoms with Crippen molar-refractivity contribution in [3.63, 3.8) is 0 Å². The molecule has 0 bridgehead atoms. The summed E-state index contributed by atoms with van der Waals surface area (Å²) in [5.74, 6) is 0.148. The van der Waals surface area contributed by atoms with Crippen LogP contribution in [0.25, 0.3) is 0 Å². The maximum absolute atomic E-state index is 12.6. The number of amides is 1. The van der Waals surface area contributed by atoms with Gasteiger partial charge in [0.25, 0.3) is 0 Å². The first-order valence-electron chi connectivity index (χ1n) is 7.70. The first kappa shape index (κ1) is 16.0. The molecular formula is C18H23N3O. The Labute approximate surface area is 132 Å². The smallest absolute Gasteiger partial charge is 0.227 e. The number of aromatic nitrogens is 1. The Morgan fingerprint density at radius 3 is 2.41 bits per heavy atom. The molecule has 0 saturated carbocycles. The van der Waals surface area contributed by atoms with Crippen LogP contribution in [0.4, 0.5) is 5.69 Å². The molecule has 4 heteroatoms. The largest absolute Gasteiger partial charge is 0.399 e. The van der Waals surface area contributed by atoms with Crippen molar-refractivity contribution in [3.05, 3.63) is 59.9 Å². The minimum atomic E-state index is 0.148. The van der Waals surface area contributed by atoms with Crippen molar-refractivity contribution < 1.29 is 4.79 Å². The zero-order valence-corrected chi connectivity index (χ0v) is 13.0. The quantitative estimate of drug-likeness (QED) is 0.799. The Bertz CT molecular complexity index is 581. The molecule has 1 aromatic carbocycles. The molecule has 0 atom stereocenters. The highest BCUT2D eigenvalue weighted by Crippen LogP contribution is 2.11. The van der Waals surface area contributed by atoms with Crippen molar-refractivity contribution in [2.24, 2.45) is 0 Å². The molecule has 4 nitrogen and oxygen atoms in total. The Balaban J connectivity index is 2.03. The predicted octanol–water partition coefficient (Wildman–Crippen LogP) is 3.04. The highest BCUT2D eigenvalue weighted by molar-refractivity contribution is 5.78. The molecule has 2 aromatic rings. The summed E-state index contributed by atoms with van der Waals surface area (Å²) in [4.78, 5) is 18.5. The summed E-state index contributed by atoms with van der Waals surface area (Å²) in [6.45, 7) is 3.55. The first-order chi connectivity index (χ1) is 10.7. The van der Waals surface area contributed by atoms with Gasteiger partial charge in [0.2, 0.25) is 5.91 Å². The van der Waals surface area contributed by atoms with Gasteiger partial charge >= 0.3 is 0 Å². The fourth-order valence-corrected chi connectivity index (χ4v) is 2.27. The highest BCUT2D eigenvalue weighted by atomic mass is 16.2. The Hall–Kier alpha value is -2.36. The van der Waals surface area contributed by atoms with Gasteiger partial charge in [-0.1, -0.05) is 25.5 Å². The van der Waals surface area contributed by atoms with E-state index in [2.05, 4.69) is 11.9 Å². The van der Waals surface area contributed by atoms with Gasteiger partial charge in [-0.15, -0.1) is 0 Å². The van der Waals surface area contributed by atoms with E-state index in [-0.39, 0.29) is 5.91 Å².